The molecule has 11 heavy (non-hydrogen) atoms. The largest absolute Gasteiger partial charge is 0.285 e. The summed E-state index contributed by atoms with van der Waals surface area (Å²) in [4.78, 5) is 10.8. The van der Waals surface area contributed by atoms with Gasteiger partial charge in [-0.1, -0.05) is 30.3 Å². The first-order chi connectivity index (χ1) is 5.33. The van der Waals surface area contributed by atoms with Crippen molar-refractivity contribution in [2.45, 2.75) is 6.42 Å². The second-order valence-electron chi connectivity index (χ2n) is 2.15. The van der Waals surface area contributed by atoms with Crippen LogP contribution in [0.25, 0.3) is 0 Å². The molecule has 0 saturated carbocycles. The molecule has 1 aromatic rings. The summed E-state index contributed by atoms with van der Waals surface area (Å²) in [5, 5.41) is 5.08. The van der Waals surface area contributed by atoms with Gasteiger partial charge in [0.15, 0.2) is 0 Å². The van der Waals surface area contributed by atoms with E-state index in [1.54, 1.807) is 0 Å². The number of benzene rings is 1. The monoisotopic (exact) mass is 167 g/mol. The Balaban J connectivity index is 2.58. The standard InChI is InChI=1S/C8H9NOS/c9-11-8(10)6-7-4-2-1-3-5-7/h1-5H,6,9H2. The van der Waals surface area contributed by atoms with Gasteiger partial charge in [0.1, 0.15) is 0 Å². The van der Waals surface area contributed by atoms with Gasteiger partial charge in [0.25, 0.3) is 0 Å². The molecule has 0 fully saturated rings. The van der Waals surface area contributed by atoms with E-state index in [0.717, 1.165) is 17.5 Å². The summed E-state index contributed by atoms with van der Waals surface area (Å²) >= 11 is 0.781. The van der Waals surface area contributed by atoms with E-state index in [9.17, 15) is 4.79 Å². The van der Waals surface area contributed by atoms with E-state index in [1.165, 1.54) is 0 Å². The smallest absolute Gasteiger partial charge is 0.207 e. The Kier molecular flexibility index (Phi) is 3.14. The van der Waals surface area contributed by atoms with Crippen LogP contribution in [-0.4, -0.2) is 5.12 Å². The molecule has 2 N–H and O–H groups in total. The second-order valence-corrected chi connectivity index (χ2v) is 2.84. The molecule has 0 atom stereocenters. The molecule has 1 rings (SSSR count). The van der Waals surface area contributed by atoms with Gasteiger partial charge in [0.05, 0.1) is 0 Å². The fourth-order valence-electron chi connectivity index (χ4n) is 0.804. The van der Waals surface area contributed by atoms with Crippen molar-refractivity contribution >= 4 is 17.1 Å². The molecule has 0 unspecified atom stereocenters. The summed E-state index contributed by atoms with van der Waals surface area (Å²) in [6.45, 7) is 0. The minimum atomic E-state index is -0.00352. The van der Waals surface area contributed by atoms with Crippen molar-refractivity contribution in [3.05, 3.63) is 35.9 Å². The first-order valence-corrected chi connectivity index (χ1v) is 4.14. The van der Waals surface area contributed by atoms with E-state index < -0.39 is 0 Å². The minimum Gasteiger partial charge on any atom is -0.285 e. The average molecular weight is 167 g/mol. The van der Waals surface area contributed by atoms with Gasteiger partial charge in [-0.3, -0.25) is 9.93 Å². The van der Waals surface area contributed by atoms with Crippen molar-refractivity contribution in [3.63, 3.8) is 0 Å². The topological polar surface area (TPSA) is 43.1 Å². The second kappa shape index (κ2) is 4.16. The van der Waals surface area contributed by atoms with Crippen LogP contribution in [0.1, 0.15) is 5.56 Å². The van der Waals surface area contributed by atoms with Crippen LogP contribution in [0.2, 0.25) is 0 Å². The Labute approximate surface area is 69.9 Å². The zero-order valence-corrected chi connectivity index (χ0v) is 6.80. The van der Waals surface area contributed by atoms with Gasteiger partial charge >= 0.3 is 0 Å². The predicted octanol–water partition coefficient (Wildman–Crippen LogP) is 1.36. The lowest BCUT2D eigenvalue weighted by atomic mass is 10.2. The molecule has 0 aliphatic heterocycles. The Bertz CT molecular complexity index is 235. The number of hydrogen-bond acceptors (Lipinski definition) is 3. The summed E-state index contributed by atoms with van der Waals surface area (Å²) in [6.07, 6.45) is 0.419. The molecule has 0 bridgehead atoms. The summed E-state index contributed by atoms with van der Waals surface area (Å²) in [7, 11) is 0. The first-order valence-electron chi connectivity index (χ1n) is 3.26. The fraction of sp³-hybridized carbons (Fsp3) is 0.125. The van der Waals surface area contributed by atoms with Gasteiger partial charge in [-0.25, -0.2) is 0 Å². The van der Waals surface area contributed by atoms with Crippen LogP contribution < -0.4 is 5.14 Å². The molecular weight excluding hydrogens is 158 g/mol. The van der Waals surface area contributed by atoms with Gasteiger partial charge in [0, 0.05) is 6.42 Å². The Morgan fingerprint density at radius 1 is 1.36 bits per heavy atom. The summed E-state index contributed by atoms with van der Waals surface area (Å²) in [5.74, 6) is 0. The van der Waals surface area contributed by atoms with Crippen molar-refractivity contribution in [2.75, 3.05) is 0 Å². The highest BCUT2D eigenvalue weighted by Gasteiger charge is 1.99. The lowest BCUT2D eigenvalue weighted by molar-refractivity contribution is -0.110. The normalized spacial score (nSPS) is 9.55. The fourth-order valence-corrected chi connectivity index (χ4v) is 1.05. The number of rotatable bonds is 2. The van der Waals surface area contributed by atoms with Crippen LogP contribution in [0.5, 0.6) is 0 Å². The Hall–Kier alpha value is -0.800. The molecule has 1 aromatic carbocycles. The van der Waals surface area contributed by atoms with Crippen LogP contribution in [0.4, 0.5) is 0 Å². The summed E-state index contributed by atoms with van der Waals surface area (Å²) in [5.41, 5.74) is 1.01. The van der Waals surface area contributed by atoms with Gasteiger partial charge < -0.3 is 0 Å². The molecule has 0 radical (unpaired) electrons. The first kappa shape index (κ1) is 8.30. The van der Waals surface area contributed by atoms with Gasteiger partial charge in [-0.2, -0.15) is 0 Å². The molecule has 0 amide bonds. The SMILES string of the molecule is NSC(=O)Cc1ccccc1. The molecule has 58 valence electrons. The van der Waals surface area contributed by atoms with Crippen LogP contribution in [0.3, 0.4) is 0 Å². The predicted molar refractivity (Wildman–Crippen MR) is 46.9 cm³/mol. The van der Waals surface area contributed by atoms with E-state index in [2.05, 4.69) is 0 Å². The number of carbonyl (C=O) groups excluding carboxylic acids is 1. The number of hydrogen-bond donors (Lipinski definition) is 1. The molecule has 3 heteroatoms. The zero-order chi connectivity index (χ0) is 8.10. The molecule has 0 aliphatic carbocycles. The van der Waals surface area contributed by atoms with Crippen molar-refractivity contribution in [1.29, 1.82) is 0 Å². The number of nitrogens with two attached hydrogens (primary N) is 1. The molecular formula is C8H9NOS. The third-order valence-electron chi connectivity index (χ3n) is 1.32. The van der Waals surface area contributed by atoms with E-state index in [-0.39, 0.29) is 5.12 Å². The maximum Gasteiger partial charge on any atom is 0.207 e. The maximum absolute atomic E-state index is 10.8. The Morgan fingerprint density at radius 2 is 2.00 bits per heavy atom. The third kappa shape index (κ3) is 2.74. The number of carbonyl (C=O) groups is 1. The van der Waals surface area contributed by atoms with Crippen LogP contribution >= 0.6 is 11.9 Å². The van der Waals surface area contributed by atoms with Crippen molar-refractivity contribution in [2.24, 2.45) is 5.14 Å². The van der Waals surface area contributed by atoms with E-state index in [0.29, 0.717) is 6.42 Å². The molecule has 0 aromatic heterocycles. The molecule has 0 aliphatic rings. The van der Waals surface area contributed by atoms with Crippen molar-refractivity contribution in [3.8, 4) is 0 Å². The van der Waals surface area contributed by atoms with E-state index in [1.807, 2.05) is 30.3 Å². The van der Waals surface area contributed by atoms with Crippen molar-refractivity contribution < 1.29 is 4.79 Å². The lowest BCUT2D eigenvalue weighted by Crippen LogP contribution is -1.99. The van der Waals surface area contributed by atoms with Crippen LogP contribution in [0.15, 0.2) is 30.3 Å². The molecule has 0 saturated heterocycles. The molecule has 2 nitrogen and oxygen atoms in total. The van der Waals surface area contributed by atoms with Crippen molar-refractivity contribution in [1.82, 2.24) is 0 Å². The summed E-state index contributed by atoms with van der Waals surface area (Å²) in [6, 6.07) is 9.55. The van der Waals surface area contributed by atoms with Crippen LogP contribution in [0, 0.1) is 0 Å². The highest BCUT2D eigenvalue weighted by Crippen LogP contribution is 2.03. The molecule has 0 heterocycles. The average Bonchev–Trinajstić information content (AvgIpc) is 2.06. The molecule has 0 spiro atoms. The zero-order valence-electron chi connectivity index (χ0n) is 5.99. The van der Waals surface area contributed by atoms with Gasteiger partial charge in [0.2, 0.25) is 5.12 Å². The maximum atomic E-state index is 10.8. The highest BCUT2D eigenvalue weighted by atomic mass is 32.2. The van der Waals surface area contributed by atoms with Gasteiger partial charge in [-0.05, 0) is 17.5 Å². The van der Waals surface area contributed by atoms with Gasteiger partial charge in [-0.15, -0.1) is 0 Å². The minimum absolute atomic E-state index is 0.00352. The Morgan fingerprint density at radius 3 is 2.55 bits per heavy atom. The summed E-state index contributed by atoms with van der Waals surface area (Å²) < 4.78 is 0. The quantitative estimate of drug-likeness (QED) is 0.676. The van der Waals surface area contributed by atoms with E-state index >= 15 is 0 Å². The van der Waals surface area contributed by atoms with Crippen LogP contribution in [-0.2, 0) is 11.2 Å². The lowest BCUT2D eigenvalue weighted by Gasteiger charge is -1.95. The highest BCUT2D eigenvalue weighted by molar-refractivity contribution is 8.11. The third-order valence-corrected chi connectivity index (χ3v) is 1.73. The van der Waals surface area contributed by atoms with E-state index in [4.69, 9.17) is 5.14 Å².